The van der Waals surface area contributed by atoms with E-state index < -0.39 is 28.8 Å². The maximum atomic E-state index is 13.2. The number of rotatable bonds is 9. The Morgan fingerprint density at radius 1 is 1.08 bits per heavy atom. The summed E-state index contributed by atoms with van der Waals surface area (Å²) in [5.74, 6) is -2.58. The van der Waals surface area contributed by atoms with Crippen LogP contribution in [0.25, 0.3) is 0 Å². The average Bonchev–Trinajstić information content (AvgIpc) is 2.92. The maximum absolute atomic E-state index is 13.2. The molecule has 3 amide bonds. The van der Waals surface area contributed by atoms with Crippen LogP contribution in [0.15, 0.2) is 59.5 Å². The molecule has 0 saturated carbocycles. The van der Waals surface area contributed by atoms with E-state index in [4.69, 9.17) is 0 Å². The van der Waals surface area contributed by atoms with Crippen LogP contribution in [-0.2, 0) is 13.1 Å². The third-order valence-electron chi connectivity index (χ3n) is 6.65. The third kappa shape index (κ3) is 6.17. The van der Waals surface area contributed by atoms with Gasteiger partial charge in [0, 0.05) is 51.0 Å². The monoisotopic (exact) mass is 534 g/mol. The van der Waals surface area contributed by atoms with Gasteiger partial charge in [-0.2, -0.15) is 0 Å². The number of fused-ring (bicyclic) bond motifs is 1. The van der Waals surface area contributed by atoms with Crippen molar-refractivity contribution in [2.24, 2.45) is 0 Å². The normalized spacial score (nSPS) is 12.7. The number of aryl methyl sites for hydroxylation is 1. The van der Waals surface area contributed by atoms with Crippen molar-refractivity contribution < 1.29 is 23.9 Å². The number of nitrogens with zero attached hydrogens (tertiary/aromatic N) is 3. The first-order valence-corrected chi connectivity index (χ1v) is 12.8. The largest absolute Gasteiger partial charge is 0.503 e. The molecule has 39 heavy (non-hydrogen) atoms. The fourth-order valence-corrected chi connectivity index (χ4v) is 4.57. The topological polar surface area (TPSA) is 112 Å². The molecule has 0 radical (unpaired) electrons. The van der Waals surface area contributed by atoms with Crippen LogP contribution in [0, 0.1) is 12.7 Å². The summed E-state index contributed by atoms with van der Waals surface area (Å²) < 4.78 is 14.5. The molecule has 2 heterocycles. The number of amides is 3. The van der Waals surface area contributed by atoms with E-state index in [1.54, 1.807) is 11.0 Å². The zero-order chi connectivity index (χ0) is 28.1. The van der Waals surface area contributed by atoms with E-state index in [-0.39, 0.29) is 43.3 Å². The van der Waals surface area contributed by atoms with Crippen molar-refractivity contribution in [1.29, 1.82) is 0 Å². The average molecular weight is 535 g/mol. The van der Waals surface area contributed by atoms with Gasteiger partial charge in [0.15, 0.2) is 11.4 Å². The molecule has 4 rings (SSSR count). The Labute approximate surface area is 225 Å². The lowest BCUT2D eigenvalue weighted by Crippen LogP contribution is -2.46. The minimum absolute atomic E-state index is 0.0588. The van der Waals surface area contributed by atoms with E-state index in [1.165, 1.54) is 39.9 Å². The second kappa shape index (κ2) is 11.9. The van der Waals surface area contributed by atoms with Crippen LogP contribution in [-0.4, -0.2) is 63.4 Å². The van der Waals surface area contributed by atoms with Gasteiger partial charge in [-0.15, -0.1) is 0 Å². The highest BCUT2D eigenvalue weighted by Gasteiger charge is 2.31. The SMILES string of the molecule is CCCN(CCN1CCn2cc(C(=O)NCc3ccc(F)cc3)c(=O)c(O)c2C1=O)C(=O)c1cccc(C)c1. The smallest absolute Gasteiger partial charge is 0.274 e. The molecule has 0 atom stereocenters. The van der Waals surface area contributed by atoms with Crippen LogP contribution >= 0.6 is 0 Å². The van der Waals surface area contributed by atoms with E-state index >= 15 is 0 Å². The number of halogens is 1. The van der Waals surface area contributed by atoms with Crippen molar-refractivity contribution in [3.63, 3.8) is 0 Å². The van der Waals surface area contributed by atoms with Crippen molar-refractivity contribution >= 4 is 17.7 Å². The minimum atomic E-state index is -0.949. The van der Waals surface area contributed by atoms with Gasteiger partial charge in [0.1, 0.15) is 11.4 Å². The highest BCUT2D eigenvalue weighted by molar-refractivity contribution is 5.99. The molecule has 0 bridgehead atoms. The fraction of sp³-hybridized carbons (Fsp3) is 0.310. The van der Waals surface area contributed by atoms with Crippen molar-refractivity contribution in [1.82, 2.24) is 19.7 Å². The molecule has 1 aromatic heterocycles. The van der Waals surface area contributed by atoms with Gasteiger partial charge in [-0.3, -0.25) is 19.2 Å². The lowest BCUT2D eigenvalue weighted by Gasteiger charge is -2.32. The molecular weight excluding hydrogens is 503 g/mol. The van der Waals surface area contributed by atoms with Crippen LogP contribution in [0.5, 0.6) is 5.75 Å². The highest BCUT2D eigenvalue weighted by Crippen LogP contribution is 2.21. The molecule has 2 aromatic carbocycles. The number of aromatic hydroxyl groups is 1. The second-order valence-electron chi connectivity index (χ2n) is 9.53. The van der Waals surface area contributed by atoms with Gasteiger partial charge in [-0.05, 0) is 43.2 Å². The van der Waals surface area contributed by atoms with Gasteiger partial charge in [0.05, 0.1) is 0 Å². The van der Waals surface area contributed by atoms with Crippen molar-refractivity contribution in [3.8, 4) is 5.75 Å². The molecule has 1 aliphatic heterocycles. The van der Waals surface area contributed by atoms with Gasteiger partial charge >= 0.3 is 0 Å². The number of nitrogens with one attached hydrogen (secondary N) is 1. The first-order chi connectivity index (χ1) is 18.7. The Hall–Kier alpha value is -4.47. The number of benzene rings is 2. The number of carbonyl (C=O) groups is 3. The standard InChI is InChI=1S/C29H31FN4O5/c1-3-11-32(28(38)21-6-4-5-19(2)16-21)12-13-33-14-15-34-18-23(25(35)26(36)24(34)29(33)39)27(37)31-17-20-7-9-22(30)10-8-20/h4-10,16,18,36H,3,11-15,17H2,1-2H3,(H,31,37). The predicted octanol–water partition coefficient (Wildman–Crippen LogP) is 2.94. The molecular formula is C29H31FN4O5. The molecule has 10 heteroatoms. The molecule has 1 aliphatic rings. The summed E-state index contributed by atoms with van der Waals surface area (Å²) in [5, 5.41) is 13.2. The number of carbonyl (C=O) groups excluding carboxylic acids is 3. The van der Waals surface area contributed by atoms with Crippen molar-refractivity contribution in [2.75, 3.05) is 26.2 Å². The van der Waals surface area contributed by atoms with Crippen LogP contribution in [0.3, 0.4) is 0 Å². The van der Waals surface area contributed by atoms with E-state index in [2.05, 4.69) is 5.32 Å². The molecule has 0 aliphatic carbocycles. The fourth-order valence-electron chi connectivity index (χ4n) is 4.57. The molecule has 0 fully saturated rings. The Kier molecular flexibility index (Phi) is 8.43. The summed E-state index contributed by atoms with van der Waals surface area (Å²) in [6.07, 6.45) is 2.02. The zero-order valence-corrected chi connectivity index (χ0v) is 21.9. The quantitative estimate of drug-likeness (QED) is 0.439. The minimum Gasteiger partial charge on any atom is -0.503 e. The van der Waals surface area contributed by atoms with E-state index in [0.717, 1.165) is 12.0 Å². The predicted molar refractivity (Wildman–Crippen MR) is 143 cm³/mol. The van der Waals surface area contributed by atoms with Crippen LogP contribution in [0.4, 0.5) is 4.39 Å². The lowest BCUT2D eigenvalue weighted by molar-refractivity contribution is 0.0622. The summed E-state index contributed by atoms with van der Waals surface area (Å²) in [7, 11) is 0. The van der Waals surface area contributed by atoms with Gasteiger partial charge in [0.2, 0.25) is 5.43 Å². The number of pyridine rings is 1. The number of hydrogen-bond donors (Lipinski definition) is 2. The summed E-state index contributed by atoms with van der Waals surface area (Å²) >= 11 is 0. The van der Waals surface area contributed by atoms with E-state index in [1.807, 2.05) is 32.0 Å². The second-order valence-corrected chi connectivity index (χ2v) is 9.53. The van der Waals surface area contributed by atoms with Gasteiger partial charge in [-0.1, -0.05) is 36.8 Å². The zero-order valence-electron chi connectivity index (χ0n) is 21.9. The van der Waals surface area contributed by atoms with Crippen LogP contribution in [0.2, 0.25) is 0 Å². The van der Waals surface area contributed by atoms with Gasteiger partial charge < -0.3 is 24.8 Å². The molecule has 0 spiro atoms. The highest BCUT2D eigenvalue weighted by atomic mass is 19.1. The molecule has 3 aromatic rings. The first kappa shape index (κ1) is 27.6. The molecule has 0 saturated heterocycles. The summed E-state index contributed by atoms with van der Waals surface area (Å²) in [5.41, 5.74) is 0.759. The Bertz CT molecular complexity index is 1450. The third-order valence-corrected chi connectivity index (χ3v) is 6.65. The van der Waals surface area contributed by atoms with Crippen LogP contribution in [0.1, 0.15) is 55.7 Å². The number of aromatic nitrogens is 1. The van der Waals surface area contributed by atoms with Crippen molar-refractivity contribution in [3.05, 3.63) is 98.7 Å². The summed E-state index contributed by atoms with van der Waals surface area (Å²) in [4.78, 5) is 55.0. The van der Waals surface area contributed by atoms with Crippen LogP contribution < -0.4 is 10.7 Å². The summed E-state index contributed by atoms with van der Waals surface area (Å²) in [6.45, 7) is 5.52. The first-order valence-electron chi connectivity index (χ1n) is 12.8. The van der Waals surface area contributed by atoms with Crippen molar-refractivity contribution in [2.45, 2.75) is 33.4 Å². The Morgan fingerprint density at radius 2 is 1.82 bits per heavy atom. The van der Waals surface area contributed by atoms with E-state index in [0.29, 0.717) is 24.2 Å². The molecule has 9 nitrogen and oxygen atoms in total. The Balaban J connectivity index is 1.46. The Morgan fingerprint density at radius 3 is 2.51 bits per heavy atom. The summed E-state index contributed by atoms with van der Waals surface area (Å²) in [6, 6.07) is 12.9. The molecule has 0 unspecified atom stereocenters. The maximum Gasteiger partial charge on any atom is 0.274 e. The van der Waals surface area contributed by atoms with Gasteiger partial charge in [0.25, 0.3) is 17.7 Å². The van der Waals surface area contributed by atoms with Gasteiger partial charge in [-0.25, -0.2) is 4.39 Å². The molecule has 2 N–H and O–H groups in total. The molecule has 204 valence electrons. The van der Waals surface area contributed by atoms with E-state index in [9.17, 15) is 28.7 Å². The number of hydrogen-bond acceptors (Lipinski definition) is 5. The lowest BCUT2D eigenvalue weighted by atomic mass is 10.1.